The van der Waals surface area contributed by atoms with Gasteiger partial charge in [0, 0.05) is 11.8 Å². The Morgan fingerprint density at radius 3 is 2.50 bits per heavy atom. The number of amides is 1. The first-order chi connectivity index (χ1) is 12.3. The van der Waals surface area contributed by atoms with Crippen LogP contribution in [0.2, 0.25) is 0 Å². The van der Waals surface area contributed by atoms with Crippen LogP contribution in [-0.4, -0.2) is 25.6 Å². The normalized spacial score (nSPS) is 11.3. The SMILES string of the molecule is Cc1nc(-c2ccccc2)sc1C(=O)Nc1cc(S(C)(=O)=O)ccc1F. The Labute approximate surface area is 154 Å². The number of benzene rings is 2. The van der Waals surface area contributed by atoms with E-state index in [9.17, 15) is 17.6 Å². The highest BCUT2D eigenvalue weighted by Crippen LogP contribution is 2.29. The van der Waals surface area contributed by atoms with E-state index < -0.39 is 21.6 Å². The van der Waals surface area contributed by atoms with Gasteiger partial charge in [0.2, 0.25) is 0 Å². The van der Waals surface area contributed by atoms with Crippen LogP contribution in [0.4, 0.5) is 10.1 Å². The molecule has 134 valence electrons. The summed E-state index contributed by atoms with van der Waals surface area (Å²) in [6, 6.07) is 12.7. The summed E-state index contributed by atoms with van der Waals surface area (Å²) in [5.74, 6) is -1.25. The number of anilines is 1. The Morgan fingerprint density at radius 1 is 1.15 bits per heavy atom. The van der Waals surface area contributed by atoms with Gasteiger partial charge in [0.25, 0.3) is 5.91 Å². The molecule has 0 spiro atoms. The van der Waals surface area contributed by atoms with Gasteiger partial charge < -0.3 is 5.32 Å². The lowest BCUT2D eigenvalue weighted by atomic mass is 10.2. The molecule has 1 heterocycles. The van der Waals surface area contributed by atoms with Crippen LogP contribution in [0, 0.1) is 12.7 Å². The van der Waals surface area contributed by atoms with Gasteiger partial charge >= 0.3 is 0 Å². The van der Waals surface area contributed by atoms with Crippen LogP contribution in [-0.2, 0) is 9.84 Å². The van der Waals surface area contributed by atoms with E-state index in [4.69, 9.17) is 0 Å². The van der Waals surface area contributed by atoms with E-state index in [1.165, 1.54) is 11.3 Å². The molecule has 0 aliphatic rings. The number of nitrogens with zero attached hydrogens (tertiary/aromatic N) is 1. The fourth-order valence-electron chi connectivity index (χ4n) is 2.32. The van der Waals surface area contributed by atoms with Crippen molar-refractivity contribution in [1.29, 1.82) is 0 Å². The van der Waals surface area contributed by atoms with Gasteiger partial charge in [-0.15, -0.1) is 11.3 Å². The highest BCUT2D eigenvalue weighted by Gasteiger charge is 2.19. The third-order valence-electron chi connectivity index (χ3n) is 3.64. The summed E-state index contributed by atoms with van der Waals surface area (Å²) < 4.78 is 37.2. The van der Waals surface area contributed by atoms with Crippen molar-refractivity contribution in [1.82, 2.24) is 4.98 Å². The monoisotopic (exact) mass is 390 g/mol. The fourth-order valence-corrected chi connectivity index (χ4v) is 3.94. The first-order valence-electron chi connectivity index (χ1n) is 7.59. The number of halogens is 1. The van der Waals surface area contributed by atoms with Crippen LogP contribution in [0.3, 0.4) is 0 Å². The predicted molar refractivity (Wildman–Crippen MR) is 99.8 cm³/mol. The first-order valence-corrected chi connectivity index (χ1v) is 10.3. The minimum atomic E-state index is -3.51. The number of nitrogens with one attached hydrogen (secondary N) is 1. The molecule has 2 aromatic carbocycles. The standard InChI is InChI=1S/C18H15FN2O3S2/c1-11-16(25-18(20-11)12-6-4-3-5-7-12)17(22)21-15-10-13(26(2,23)24)8-9-14(15)19/h3-10H,1-2H3,(H,21,22). The second kappa shape index (κ2) is 6.97. The third-order valence-corrected chi connectivity index (χ3v) is 5.95. The van der Waals surface area contributed by atoms with Crippen LogP contribution < -0.4 is 5.32 Å². The highest BCUT2D eigenvalue weighted by molar-refractivity contribution is 7.90. The number of aryl methyl sites for hydroxylation is 1. The zero-order valence-electron chi connectivity index (χ0n) is 14.0. The van der Waals surface area contributed by atoms with Crippen LogP contribution >= 0.6 is 11.3 Å². The molecule has 0 fully saturated rings. The van der Waals surface area contributed by atoms with Gasteiger partial charge in [-0.3, -0.25) is 4.79 Å². The second-order valence-corrected chi connectivity index (χ2v) is 8.68. The summed E-state index contributed by atoms with van der Waals surface area (Å²) in [7, 11) is -3.51. The van der Waals surface area contributed by atoms with Gasteiger partial charge in [-0.25, -0.2) is 17.8 Å². The molecular weight excluding hydrogens is 375 g/mol. The average molecular weight is 390 g/mol. The molecule has 3 aromatic rings. The van der Waals surface area contributed by atoms with Gasteiger partial charge in [-0.05, 0) is 25.1 Å². The highest BCUT2D eigenvalue weighted by atomic mass is 32.2. The van der Waals surface area contributed by atoms with E-state index in [0.717, 1.165) is 30.0 Å². The van der Waals surface area contributed by atoms with Crippen molar-refractivity contribution >= 4 is 32.8 Å². The summed E-state index contributed by atoms with van der Waals surface area (Å²) in [5, 5.41) is 3.12. The molecule has 0 saturated heterocycles. The Kier molecular flexibility index (Phi) is 4.88. The number of sulfone groups is 1. The molecule has 26 heavy (non-hydrogen) atoms. The molecule has 3 rings (SSSR count). The average Bonchev–Trinajstić information content (AvgIpc) is 2.98. The van der Waals surface area contributed by atoms with Crippen molar-refractivity contribution in [2.75, 3.05) is 11.6 Å². The lowest BCUT2D eigenvalue weighted by molar-refractivity contribution is 0.102. The van der Waals surface area contributed by atoms with E-state index >= 15 is 0 Å². The van der Waals surface area contributed by atoms with Crippen molar-refractivity contribution in [3.05, 3.63) is 64.9 Å². The maximum atomic E-state index is 14.0. The van der Waals surface area contributed by atoms with Crippen molar-refractivity contribution < 1.29 is 17.6 Å². The minimum Gasteiger partial charge on any atom is -0.319 e. The van der Waals surface area contributed by atoms with E-state index in [2.05, 4.69) is 10.3 Å². The van der Waals surface area contributed by atoms with E-state index in [-0.39, 0.29) is 10.6 Å². The number of rotatable bonds is 4. The first kappa shape index (κ1) is 18.2. The number of carbonyl (C=O) groups is 1. The van der Waals surface area contributed by atoms with Crippen molar-refractivity contribution in [2.45, 2.75) is 11.8 Å². The molecule has 0 saturated carbocycles. The summed E-state index contributed by atoms with van der Waals surface area (Å²) >= 11 is 1.19. The zero-order chi connectivity index (χ0) is 18.9. The van der Waals surface area contributed by atoms with Crippen LogP contribution in [0.5, 0.6) is 0 Å². The van der Waals surface area contributed by atoms with Gasteiger partial charge in [-0.1, -0.05) is 30.3 Å². The number of hydrogen-bond acceptors (Lipinski definition) is 5. The molecule has 1 aromatic heterocycles. The summed E-state index contributed by atoms with van der Waals surface area (Å²) in [6.45, 7) is 1.70. The number of hydrogen-bond donors (Lipinski definition) is 1. The summed E-state index contributed by atoms with van der Waals surface area (Å²) in [5.41, 5.74) is 1.21. The van der Waals surface area contributed by atoms with E-state index in [1.54, 1.807) is 6.92 Å². The van der Waals surface area contributed by atoms with Gasteiger partial charge in [-0.2, -0.15) is 0 Å². The van der Waals surface area contributed by atoms with Crippen molar-refractivity contribution in [3.8, 4) is 10.6 Å². The molecule has 5 nitrogen and oxygen atoms in total. The smallest absolute Gasteiger partial charge is 0.267 e. The maximum Gasteiger partial charge on any atom is 0.267 e. The van der Waals surface area contributed by atoms with Gasteiger partial charge in [0.05, 0.1) is 16.3 Å². The lowest BCUT2D eigenvalue weighted by Gasteiger charge is -2.07. The number of thiazole rings is 1. The van der Waals surface area contributed by atoms with Gasteiger partial charge in [0.1, 0.15) is 15.7 Å². The molecule has 0 atom stereocenters. The largest absolute Gasteiger partial charge is 0.319 e. The van der Waals surface area contributed by atoms with E-state index in [1.807, 2.05) is 30.3 Å². The number of carbonyl (C=O) groups excluding carboxylic acids is 1. The minimum absolute atomic E-state index is 0.0693. The summed E-state index contributed by atoms with van der Waals surface area (Å²) in [4.78, 5) is 17.2. The quantitative estimate of drug-likeness (QED) is 0.685. The number of aromatic nitrogens is 1. The molecule has 8 heteroatoms. The fraction of sp³-hybridized carbons (Fsp3) is 0.111. The second-order valence-electron chi connectivity index (χ2n) is 5.67. The maximum absolute atomic E-state index is 14.0. The molecule has 0 radical (unpaired) electrons. The molecule has 1 N–H and O–H groups in total. The Balaban J connectivity index is 1.91. The molecule has 0 unspecified atom stereocenters. The third kappa shape index (κ3) is 3.81. The zero-order valence-corrected chi connectivity index (χ0v) is 15.6. The summed E-state index contributed by atoms with van der Waals surface area (Å²) in [6.07, 6.45) is 1.02. The molecular formula is C18H15FN2O3S2. The molecule has 0 aliphatic heterocycles. The van der Waals surface area contributed by atoms with Crippen LogP contribution in [0.15, 0.2) is 53.4 Å². The molecule has 0 bridgehead atoms. The lowest BCUT2D eigenvalue weighted by Crippen LogP contribution is -2.13. The van der Waals surface area contributed by atoms with E-state index in [0.29, 0.717) is 15.6 Å². The Morgan fingerprint density at radius 2 is 1.85 bits per heavy atom. The molecule has 1 amide bonds. The molecule has 0 aliphatic carbocycles. The van der Waals surface area contributed by atoms with Gasteiger partial charge in [0.15, 0.2) is 9.84 Å². The van der Waals surface area contributed by atoms with Crippen LogP contribution in [0.25, 0.3) is 10.6 Å². The van der Waals surface area contributed by atoms with Crippen molar-refractivity contribution in [2.24, 2.45) is 0 Å². The Hall–Kier alpha value is -2.58. The topological polar surface area (TPSA) is 76.1 Å². The predicted octanol–water partition coefficient (Wildman–Crippen LogP) is 3.91. The van der Waals surface area contributed by atoms with Crippen molar-refractivity contribution in [3.63, 3.8) is 0 Å². The van der Waals surface area contributed by atoms with Crippen LogP contribution in [0.1, 0.15) is 15.4 Å². The Bertz CT molecular complexity index is 1080.